The summed E-state index contributed by atoms with van der Waals surface area (Å²) >= 11 is 0. The number of carbonyl (C=O) groups excluding carboxylic acids is 1. The smallest absolute Gasteiger partial charge is 0.317 e. The molecule has 0 spiro atoms. The number of hydrogen-bond acceptors (Lipinski definition) is 4. The monoisotopic (exact) mass is 251 g/mol. The van der Waals surface area contributed by atoms with Gasteiger partial charge in [0, 0.05) is 5.56 Å². The van der Waals surface area contributed by atoms with Gasteiger partial charge in [0.2, 0.25) is 0 Å². The SMILES string of the molecule is COc1ccc(C(=O)CN(C)CC(=O)O)cc1C. The highest BCUT2D eigenvalue weighted by molar-refractivity contribution is 5.98. The molecule has 0 unspecified atom stereocenters. The van der Waals surface area contributed by atoms with E-state index in [2.05, 4.69) is 0 Å². The molecule has 0 heterocycles. The molecule has 0 aromatic heterocycles. The molecular weight excluding hydrogens is 234 g/mol. The van der Waals surface area contributed by atoms with Crippen molar-refractivity contribution in [3.8, 4) is 5.75 Å². The van der Waals surface area contributed by atoms with Gasteiger partial charge in [-0.25, -0.2) is 0 Å². The molecule has 5 nitrogen and oxygen atoms in total. The number of aryl methyl sites for hydroxylation is 1. The second-order valence-corrected chi connectivity index (χ2v) is 4.17. The van der Waals surface area contributed by atoms with Crippen molar-refractivity contribution in [1.29, 1.82) is 0 Å². The quantitative estimate of drug-likeness (QED) is 0.769. The predicted molar refractivity (Wildman–Crippen MR) is 67.2 cm³/mol. The van der Waals surface area contributed by atoms with Gasteiger partial charge in [0.1, 0.15) is 5.75 Å². The highest BCUT2D eigenvalue weighted by Gasteiger charge is 2.12. The number of methoxy groups -OCH3 is 1. The third-order valence-electron chi connectivity index (χ3n) is 2.54. The molecule has 0 amide bonds. The fraction of sp³-hybridized carbons (Fsp3) is 0.385. The first-order valence-corrected chi connectivity index (χ1v) is 5.52. The number of carbonyl (C=O) groups is 2. The van der Waals surface area contributed by atoms with Crippen molar-refractivity contribution < 1.29 is 19.4 Å². The predicted octanol–water partition coefficient (Wildman–Crippen LogP) is 1.20. The molecular formula is C13H17NO4. The molecule has 0 saturated carbocycles. The minimum Gasteiger partial charge on any atom is -0.496 e. The fourth-order valence-electron chi connectivity index (χ4n) is 1.68. The van der Waals surface area contributed by atoms with E-state index in [-0.39, 0.29) is 18.9 Å². The van der Waals surface area contributed by atoms with Crippen LogP contribution in [0.5, 0.6) is 5.75 Å². The van der Waals surface area contributed by atoms with Crippen molar-refractivity contribution in [3.05, 3.63) is 29.3 Å². The Morgan fingerprint density at radius 3 is 2.50 bits per heavy atom. The van der Waals surface area contributed by atoms with Crippen molar-refractivity contribution >= 4 is 11.8 Å². The maximum Gasteiger partial charge on any atom is 0.317 e. The molecule has 1 N–H and O–H groups in total. The van der Waals surface area contributed by atoms with Crippen LogP contribution >= 0.6 is 0 Å². The summed E-state index contributed by atoms with van der Waals surface area (Å²) in [6, 6.07) is 5.16. The van der Waals surface area contributed by atoms with Crippen LogP contribution in [0.3, 0.4) is 0 Å². The number of carboxylic acids is 1. The zero-order valence-electron chi connectivity index (χ0n) is 10.8. The molecule has 1 aromatic carbocycles. The van der Waals surface area contributed by atoms with E-state index in [9.17, 15) is 9.59 Å². The standard InChI is InChI=1S/C13H17NO4/c1-9-6-10(4-5-12(9)18-3)11(15)7-14(2)8-13(16)17/h4-6H,7-8H2,1-3H3,(H,16,17). The first kappa shape index (κ1) is 14.2. The number of nitrogens with zero attached hydrogens (tertiary/aromatic N) is 1. The molecule has 0 aliphatic rings. The van der Waals surface area contributed by atoms with Crippen LogP contribution in [-0.2, 0) is 4.79 Å². The molecule has 0 aliphatic heterocycles. The summed E-state index contributed by atoms with van der Waals surface area (Å²) in [6.45, 7) is 1.79. The summed E-state index contributed by atoms with van der Waals surface area (Å²) in [5, 5.41) is 8.61. The fourth-order valence-corrected chi connectivity index (χ4v) is 1.68. The molecule has 5 heteroatoms. The zero-order chi connectivity index (χ0) is 13.7. The van der Waals surface area contributed by atoms with Crippen LogP contribution in [0.4, 0.5) is 0 Å². The Morgan fingerprint density at radius 1 is 1.33 bits per heavy atom. The van der Waals surface area contributed by atoms with E-state index in [1.54, 1.807) is 32.4 Å². The number of likely N-dealkylation sites (N-methyl/N-ethyl adjacent to an activating group) is 1. The molecule has 0 radical (unpaired) electrons. The summed E-state index contributed by atoms with van der Waals surface area (Å²) < 4.78 is 5.11. The third kappa shape index (κ3) is 3.85. The van der Waals surface area contributed by atoms with Crippen molar-refractivity contribution in [2.45, 2.75) is 6.92 Å². The Morgan fingerprint density at radius 2 is 2.00 bits per heavy atom. The summed E-state index contributed by atoms with van der Waals surface area (Å²) in [4.78, 5) is 23.9. The van der Waals surface area contributed by atoms with Gasteiger partial charge >= 0.3 is 5.97 Å². The first-order chi connectivity index (χ1) is 8.43. The number of carboxylic acid groups (broad SMARTS) is 1. The van der Waals surface area contributed by atoms with Crippen LogP contribution in [0, 0.1) is 6.92 Å². The van der Waals surface area contributed by atoms with Gasteiger partial charge in [-0.2, -0.15) is 0 Å². The molecule has 18 heavy (non-hydrogen) atoms. The van der Waals surface area contributed by atoms with Gasteiger partial charge in [-0.05, 0) is 37.7 Å². The van der Waals surface area contributed by atoms with Crippen LogP contribution < -0.4 is 4.74 Å². The van der Waals surface area contributed by atoms with Crippen LogP contribution in [0.25, 0.3) is 0 Å². The molecule has 0 saturated heterocycles. The molecule has 98 valence electrons. The van der Waals surface area contributed by atoms with Crippen LogP contribution in [0.15, 0.2) is 18.2 Å². The highest BCUT2D eigenvalue weighted by atomic mass is 16.5. The summed E-state index contributed by atoms with van der Waals surface area (Å²) in [7, 11) is 3.17. The Hall–Kier alpha value is -1.88. The van der Waals surface area contributed by atoms with Crippen molar-refractivity contribution in [2.75, 3.05) is 27.2 Å². The number of rotatable bonds is 6. The average molecular weight is 251 g/mol. The first-order valence-electron chi connectivity index (χ1n) is 5.52. The largest absolute Gasteiger partial charge is 0.496 e. The lowest BCUT2D eigenvalue weighted by Crippen LogP contribution is -2.31. The van der Waals surface area contributed by atoms with Crippen LogP contribution in [-0.4, -0.2) is 49.0 Å². The molecule has 1 rings (SSSR count). The zero-order valence-corrected chi connectivity index (χ0v) is 10.8. The number of ether oxygens (including phenoxy) is 1. The van der Waals surface area contributed by atoms with Gasteiger partial charge in [0.05, 0.1) is 20.2 Å². The summed E-state index contributed by atoms with van der Waals surface area (Å²) in [5.74, 6) is -0.328. The normalized spacial score (nSPS) is 10.4. The van der Waals surface area contributed by atoms with E-state index < -0.39 is 5.97 Å². The van der Waals surface area contributed by atoms with Crippen molar-refractivity contribution in [2.24, 2.45) is 0 Å². The maximum atomic E-state index is 11.9. The lowest BCUT2D eigenvalue weighted by Gasteiger charge is -2.13. The summed E-state index contributed by atoms with van der Waals surface area (Å²) in [6.07, 6.45) is 0. The van der Waals surface area contributed by atoms with Gasteiger partial charge in [0.15, 0.2) is 5.78 Å². The highest BCUT2D eigenvalue weighted by Crippen LogP contribution is 2.18. The topological polar surface area (TPSA) is 66.8 Å². The van der Waals surface area contributed by atoms with Crippen molar-refractivity contribution in [1.82, 2.24) is 4.90 Å². The number of hydrogen-bond donors (Lipinski definition) is 1. The van der Waals surface area contributed by atoms with Crippen LogP contribution in [0.1, 0.15) is 15.9 Å². The van der Waals surface area contributed by atoms with E-state index in [4.69, 9.17) is 9.84 Å². The van der Waals surface area contributed by atoms with Gasteiger partial charge in [-0.15, -0.1) is 0 Å². The van der Waals surface area contributed by atoms with Gasteiger partial charge in [-0.1, -0.05) is 0 Å². The maximum absolute atomic E-state index is 11.9. The number of ketones is 1. The van der Waals surface area contributed by atoms with E-state index >= 15 is 0 Å². The summed E-state index contributed by atoms with van der Waals surface area (Å²) in [5.41, 5.74) is 1.44. The Balaban J connectivity index is 2.72. The second kappa shape index (κ2) is 6.16. The average Bonchev–Trinajstić information content (AvgIpc) is 2.27. The Bertz CT molecular complexity index is 456. The third-order valence-corrected chi connectivity index (χ3v) is 2.54. The molecule has 1 aromatic rings. The van der Waals surface area contributed by atoms with Crippen LogP contribution in [0.2, 0.25) is 0 Å². The molecule has 0 bridgehead atoms. The van der Waals surface area contributed by atoms with E-state index in [1.165, 1.54) is 4.90 Å². The molecule has 0 fully saturated rings. The molecule has 0 aliphatic carbocycles. The van der Waals surface area contributed by atoms with Gasteiger partial charge < -0.3 is 9.84 Å². The Kier molecular flexibility index (Phi) is 4.85. The minimum absolute atomic E-state index is 0.0814. The number of benzene rings is 1. The van der Waals surface area contributed by atoms with E-state index in [0.717, 1.165) is 11.3 Å². The van der Waals surface area contributed by atoms with Gasteiger partial charge in [0.25, 0.3) is 0 Å². The second-order valence-electron chi connectivity index (χ2n) is 4.17. The molecule has 0 atom stereocenters. The van der Waals surface area contributed by atoms with Gasteiger partial charge in [-0.3, -0.25) is 14.5 Å². The number of Topliss-reactive ketones (excluding diaryl/α,β-unsaturated/α-hetero) is 1. The number of aliphatic carboxylic acids is 1. The Labute approximate surface area is 106 Å². The van der Waals surface area contributed by atoms with Crippen molar-refractivity contribution in [3.63, 3.8) is 0 Å². The van der Waals surface area contributed by atoms with E-state index in [1.807, 2.05) is 6.92 Å². The lowest BCUT2D eigenvalue weighted by molar-refractivity contribution is -0.137. The lowest BCUT2D eigenvalue weighted by atomic mass is 10.1. The van der Waals surface area contributed by atoms with E-state index in [0.29, 0.717) is 5.56 Å². The minimum atomic E-state index is -0.948.